The van der Waals surface area contributed by atoms with Gasteiger partial charge in [0.2, 0.25) is 0 Å². The van der Waals surface area contributed by atoms with Crippen molar-refractivity contribution in [1.82, 2.24) is 20.1 Å². The molecule has 6 nitrogen and oxygen atoms in total. The zero-order valence-corrected chi connectivity index (χ0v) is 13.9. The van der Waals surface area contributed by atoms with E-state index >= 15 is 0 Å². The number of hydrogen-bond donors (Lipinski definition) is 2. The van der Waals surface area contributed by atoms with Crippen molar-refractivity contribution in [1.29, 1.82) is 0 Å². The van der Waals surface area contributed by atoms with Gasteiger partial charge >= 0.3 is 0 Å². The molecular weight excluding hydrogens is 298 g/mol. The molecule has 7 heteroatoms. The maximum Gasteiger partial charge on any atom is 0.251 e. The van der Waals surface area contributed by atoms with Crippen LogP contribution in [0.5, 0.6) is 0 Å². The van der Waals surface area contributed by atoms with E-state index in [1.165, 1.54) is 0 Å². The Labute approximate surface area is 135 Å². The van der Waals surface area contributed by atoms with Gasteiger partial charge in [-0.1, -0.05) is 6.07 Å². The number of rotatable bonds is 6. The molecule has 1 aromatic heterocycles. The van der Waals surface area contributed by atoms with Gasteiger partial charge in [0.15, 0.2) is 4.77 Å². The first-order valence-electron chi connectivity index (χ1n) is 7.22. The molecule has 1 heterocycles. The maximum absolute atomic E-state index is 12.2. The molecule has 0 aliphatic heterocycles. The number of H-pyrrole nitrogens is 1. The zero-order chi connectivity index (χ0) is 16.1. The van der Waals surface area contributed by atoms with Gasteiger partial charge in [-0.05, 0) is 37.3 Å². The number of carbonyl (C=O) groups excluding carboxylic acids is 1. The Kier molecular flexibility index (Phi) is 5.32. The molecule has 0 aliphatic rings. The molecule has 2 aromatic rings. The van der Waals surface area contributed by atoms with Gasteiger partial charge in [0.1, 0.15) is 5.82 Å². The van der Waals surface area contributed by atoms with Gasteiger partial charge in [-0.2, -0.15) is 5.10 Å². The molecule has 2 rings (SSSR count). The van der Waals surface area contributed by atoms with Crippen molar-refractivity contribution in [3.05, 3.63) is 40.4 Å². The lowest BCUT2D eigenvalue weighted by atomic mass is 10.2. The third kappa shape index (κ3) is 3.73. The monoisotopic (exact) mass is 319 g/mol. The van der Waals surface area contributed by atoms with E-state index in [1.807, 2.05) is 54.8 Å². The molecule has 0 fully saturated rings. The third-order valence-corrected chi connectivity index (χ3v) is 3.72. The molecule has 0 saturated carbocycles. The quantitative estimate of drug-likeness (QED) is 0.799. The van der Waals surface area contributed by atoms with Crippen LogP contribution in [-0.2, 0) is 13.0 Å². The molecule has 1 aromatic carbocycles. The summed E-state index contributed by atoms with van der Waals surface area (Å²) in [6.07, 6.45) is 0.639. The standard InChI is InChI=1S/C15H21N5OS/c1-4-20-13(17-18-15(20)22)8-9-16-14(21)11-6-5-7-12(10-11)19(2)3/h5-7,10H,4,8-9H2,1-3H3,(H,16,21)(H,18,22). The smallest absolute Gasteiger partial charge is 0.251 e. The lowest BCUT2D eigenvalue weighted by Gasteiger charge is -2.13. The van der Waals surface area contributed by atoms with Crippen LogP contribution < -0.4 is 10.2 Å². The van der Waals surface area contributed by atoms with Crippen LogP contribution in [0, 0.1) is 4.77 Å². The molecule has 2 N–H and O–H groups in total. The molecule has 0 aliphatic carbocycles. The average Bonchev–Trinajstić information content (AvgIpc) is 2.87. The minimum atomic E-state index is -0.0825. The fourth-order valence-electron chi connectivity index (χ4n) is 2.18. The summed E-state index contributed by atoms with van der Waals surface area (Å²) in [7, 11) is 3.90. The molecule has 0 saturated heterocycles. The number of aromatic amines is 1. The number of hydrogen-bond acceptors (Lipinski definition) is 4. The molecule has 22 heavy (non-hydrogen) atoms. The van der Waals surface area contributed by atoms with Gasteiger partial charge in [-0.3, -0.25) is 9.89 Å². The number of amides is 1. The molecular formula is C15H21N5OS. The number of anilines is 1. The number of nitrogens with zero attached hydrogens (tertiary/aromatic N) is 3. The van der Waals surface area contributed by atoms with Gasteiger partial charge in [-0.15, -0.1) is 0 Å². The Morgan fingerprint density at radius 1 is 1.45 bits per heavy atom. The fraction of sp³-hybridized carbons (Fsp3) is 0.400. The number of carbonyl (C=O) groups is 1. The highest BCUT2D eigenvalue weighted by molar-refractivity contribution is 7.71. The van der Waals surface area contributed by atoms with Gasteiger partial charge < -0.3 is 14.8 Å². The minimum Gasteiger partial charge on any atom is -0.378 e. The summed E-state index contributed by atoms with van der Waals surface area (Å²) in [6, 6.07) is 7.53. The minimum absolute atomic E-state index is 0.0825. The summed E-state index contributed by atoms with van der Waals surface area (Å²) in [6.45, 7) is 3.30. The van der Waals surface area contributed by atoms with Gasteiger partial charge in [0.25, 0.3) is 5.91 Å². The predicted molar refractivity (Wildman–Crippen MR) is 89.9 cm³/mol. The van der Waals surface area contributed by atoms with Crippen LogP contribution in [0.15, 0.2) is 24.3 Å². The van der Waals surface area contributed by atoms with Gasteiger partial charge in [-0.25, -0.2) is 0 Å². The van der Waals surface area contributed by atoms with Crippen molar-refractivity contribution in [2.24, 2.45) is 0 Å². The van der Waals surface area contributed by atoms with Crippen LogP contribution in [0.2, 0.25) is 0 Å². The summed E-state index contributed by atoms with van der Waals surface area (Å²) in [4.78, 5) is 14.2. The first-order chi connectivity index (χ1) is 10.5. The number of aromatic nitrogens is 3. The van der Waals surface area contributed by atoms with Gasteiger partial charge in [0.05, 0.1) is 0 Å². The lowest BCUT2D eigenvalue weighted by molar-refractivity contribution is 0.0954. The van der Waals surface area contributed by atoms with Crippen LogP contribution in [-0.4, -0.2) is 41.3 Å². The predicted octanol–water partition coefficient (Wildman–Crippen LogP) is 2.00. The van der Waals surface area contributed by atoms with Crippen LogP contribution in [0.4, 0.5) is 5.69 Å². The largest absolute Gasteiger partial charge is 0.378 e. The molecule has 0 bridgehead atoms. The summed E-state index contributed by atoms with van der Waals surface area (Å²) in [5.74, 6) is 0.774. The summed E-state index contributed by atoms with van der Waals surface area (Å²) >= 11 is 5.14. The first kappa shape index (κ1) is 16.2. The maximum atomic E-state index is 12.2. The summed E-state index contributed by atoms with van der Waals surface area (Å²) < 4.78 is 2.54. The van der Waals surface area contributed by atoms with E-state index in [2.05, 4.69) is 15.5 Å². The zero-order valence-electron chi connectivity index (χ0n) is 13.1. The second kappa shape index (κ2) is 7.22. The van der Waals surface area contributed by atoms with Gasteiger partial charge in [0, 0.05) is 44.9 Å². The van der Waals surface area contributed by atoms with Crippen molar-refractivity contribution in [2.45, 2.75) is 19.9 Å². The Hall–Kier alpha value is -2.15. The van der Waals surface area contributed by atoms with Crippen molar-refractivity contribution in [2.75, 3.05) is 25.5 Å². The van der Waals surface area contributed by atoms with Crippen LogP contribution in [0.1, 0.15) is 23.1 Å². The number of nitrogens with one attached hydrogen (secondary N) is 2. The van der Waals surface area contributed by atoms with Crippen molar-refractivity contribution in [3.8, 4) is 0 Å². The van der Waals surface area contributed by atoms with Crippen molar-refractivity contribution in [3.63, 3.8) is 0 Å². The molecule has 0 spiro atoms. The van der Waals surface area contributed by atoms with E-state index in [4.69, 9.17) is 12.2 Å². The van der Waals surface area contributed by atoms with Crippen LogP contribution in [0.25, 0.3) is 0 Å². The summed E-state index contributed by atoms with van der Waals surface area (Å²) in [5, 5.41) is 9.87. The molecule has 0 unspecified atom stereocenters. The Morgan fingerprint density at radius 2 is 2.23 bits per heavy atom. The van der Waals surface area contributed by atoms with Crippen LogP contribution in [0.3, 0.4) is 0 Å². The second-order valence-corrected chi connectivity index (χ2v) is 5.53. The average molecular weight is 319 g/mol. The highest BCUT2D eigenvalue weighted by Gasteiger charge is 2.08. The molecule has 118 valence electrons. The SMILES string of the molecule is CCn1c(CCNC(=O)c2cccc(N(C)C)c2)n[nH]c1=S. The highest BCUT2D eigenvalue weighted by atomic mass is 32.1. The molecule has 0 atom stereocenters. The van der Waals surface area contributed by atoms with E-state index in [9.17, 15) is 4.79 Å². The topological polar surface area (TPSA) is 66.0 Å². The third-order valence-electron chi connectivity index (χ3n) is 3.41. The normalized spacial score (nSPS) is 10.5. The Morgan fingerprint density at radius 3 is 2.91 bits per heavy atom. The second-order valence-electron chi connectivity index (χ2n) is 5.14. The van der Waals surface area contributed by atoms with E-state index in [1.54, 1.807) is 0 Å². The van der Waals surface area contributed by atoms with Crippen molar-refractivity contribution < 1.29 is 4.79 Å². The van der Waals surface area contributed by atoms with E-state index < -0.39 is 0 Å². The molecule has 0 radical (unpaired) electrons. The first-order valence-corrected chi connectivity index (χ1v) is 7.63. The Balaban J connectivity index is 1.95. The fourth-order valence-corrected chi connectivity index (χ4v) is 2.46. The molecule has 1 amide bonds. The Bertz CT molecular complexity index is 704. The van der Waals surface area contributed by atoms with E-state index in [0.717, 1.165) is 18.1 Å². The van der Waals surface area contributed by atoms with E-state index in [-0.39, 0.29) is 5.91 Å². The van der Waals surface area contributed by atoms with Crippen LogP contribution >= 0.6 is 12.2 Å². The van der Waals surface area contributed by atoms with E-state index in [0.29, 0.717) is 23.3 Å². The number of benzene rings is 1. The van der Waals surface area contributed by atoms with Crippen molar-refractivity contribution >= 4 is 23.8 Å². The highest BCUT2D eigenvalue weighted by Crippen LogP contribution is 2.13. The lowest BCUT2D eigenvalue weighted by Crippen LogP contribution is -2.26. The summed E-state index contributed by atoms with van der Waals surface area (Å²) in [5.41, 5.74) is 1.65.